The Labute approximate surface area is 129 Å². The van der Waals surface area contributed by atoms with Gasteiger partial charge in [-0.15, -0.1) is 0 Å². The molecule has 2 N–H and O–H groups in total. The average molecular weight is 339 g/mol. The summed E-state index contributed by atoms with van der Waals surface area (Å²) in [5, 5.41) is 3.49. The van der Waals surface area contributed by atoms with Gasteiger partial charge in [-0.3, -0.25) is 4.79 Å². The molecule has 0 heterocycles. The summed E-state index contributed by atoms with van der Waals surface area (Å²) in [6.07, 6.45) is -5.16. The van der Waals surface area contributed by atoms with Crippen LogP contribution < -0.4 is 10.6 Å². The average Bonchev–Trinajstić information content (AvgIpc) is 2.38. The molecule has 122 valence electrons. The van der Waals surface area contributed by atoms with Crippen molar-refractivity contribution >= 4 is 29.2 Å². The predicted octanol–water partition coefficient (Wildman–Crippen LogP) is 2.71. The first-order valence-electron chi connectivity index (χ1n) is 6.19. The van der Waals surface area contributed by atoms with Crippen LogP contribution in [0.5, 0.6) is 0 Å². The Morgan fingerprint density at radius 2 is 1.86 bits per heavy atom. The molecule has 0 aliphatic carbocycles. The number of esters is 1. The lowest BCUT2D eigenvalue weighted by molar-refractivity contribution is -0.207. The monoisotopic (exact) mass is 338 g/mol. The van der Waals surface area contributed by atoms with E-state index in [4.69, 9.17) is 11.6 Å². The van der Waals surface area contributed by atoms with Gasteiger partial charge in [-0.05, 0) is 19.1 Å². The topological polar surface area (TPSA) is 67.4 Å². The molecule has 0 spiro atoms. The molecule has 0 saturated carbocycles. The van der Waals surface area contributed by atoms with Crippen molar-refractivity contribution < 1.29 is 27.5 Å². The maximum absolute atomic E-state index is 13.5. The summed E-state index contributed by atoms with van der Waals surface area (Å²) < 4.78 is 45.0. The van der Waals surface area contributed by atoms with Crippen LogP contribution in [0.4, 0.5) is 18.9 Å². The van der Waals surface area contributed by atoms with Crippen LogP contribution in [-0.2, 0) is 14.3 Å². The van der Waals surface area contributed by atoms with Crippen LogP contribution in [0.3, 0.4) is 0 Å². The van der Waals surface area contributed by atoms with Crippen molar-refractivity contribution in [1.29, 1.82) is 0 Å². The molecule has 9 heteroatoms. The van der Waals surface area contributed by atoms with Crippen LogP contribution >= 0.6 is 11.6 Å². The largest absolute Gasteiger partial charge is 0.463 e. The minimum atomic E-state index is -5.16. The highest BCUT2D eigenvalue weighted by Crippen LogP contribution is 2.35. The van der Waals surface area contributed by atoms with Crippen molar-refractivity contribution in [2.24, 2.45) is 0 Å². The molecule has 0 fully saturated rings. The molecule has 1 amide bonds. The molecule has 1 atom stereocenters. The van der Waals surface area contributed by atoms with Crippen molar-refractivity contribution in [3.63, 3.8) is 0 Å². The van der Waals surface area contributed by atoms with Gasteiger partial charge in [0.1, 0.15) is 0 Å². The smallest absolute Gasteiger partial charge is 0.441 e. The zero-order chi connectivity index (χ0) is 17.0. The summed E-state index contributed by atoms with van der Waals surface area (Å²) in [7, 11) is 0. The first-order chi connectivity index (χ1) is 10.1. The van der Waals surface area contributed by atoms with Gasteiger partial charge in [0.15, 0.2) is 0 Å². The summed E-state index contributed by atoms with van der Waals surface area (Å²) in [5.41, 5.74) is -3.61. The van der Waals surface area contributed by atoms with E-state index in [-0.39, 0.29) is 17.3 Å². The third-order valence-corrected chi connectivity index (χ3v) is 2.90. The fourth-order valence-electron chi connectivity index (χ4n) is 1.66. The third-order valence-electron chi connectivity index (χ3n) is 2.57. The minimum absolute atomic E-state index is 0.0502. The number of rotatable bonds is 5. The van der Waals surface area contributed by atoms with E-state index in [2.05, 4.69) is 4.74 Å². The standard InChI is InChI=1S/C13H14ClF3N2O3/c1-3-22-11(21)12(13(15,16)17,18-8(2)20)19-10-7-5-4-6-9(10)14/h4-7,19H,3H2,1-2H3,(H,18,20). The highest BCUT2D eigenvalue weighted by molar-refractivity contribution is 6.33. The van der Waals surface area contributed by atoms with E-state index < -0.39 is 23.7 Å². The van der Waals surface area contributed by atoms with Crippen LogP contribution in [0.15, 0.2) is 24.3 Å². The molecule has 0 aliphatic heterocycles. The highest BCUT2D eigenvalue weighted by atomic mass is 35.5. The number of hydrogen-bond acceptors (Lipinski definition) is 4. The van der Waals surface area contributed by atoms with Gasteiger partial charge in [0, 0.05) is 6.92 Å². The summed E-state index contributed by atoms with van der Waals surface area (Å²) in [6, 6.07) is 5.51. The lowest BCUT2D eigenvalue weighted by Crippen LogP contribution is -2.69. The normalized spacial score (nSPS) is 13.9. The fourth-order valence-corrected chi connectivity index (χ4v) is 1.84. The van der Waals surface area contributed by atoms with Crippen LogP contribution in [0, 0.1) is 0 Å². The summed E-state index contributed by atoms with van der Waals surface area (Å²) >= 11 is 5.80. The Morgan fingerprint density at radius 3 is 2.32 bits per heavy atom. The Hall–Kier alpha value is -1.96. The zero-order valence-corrected chi connectivity index (χ0v) is 12.5. The number of para-hydroxylation sites is 1. The maximum Gasteiger partial charge on any atom is 0.441 e. The van der Waals surface area contributed by atoms with Gasteiger partial charge in [-0.1, -0.05) is 23.7 Å². The molecule has 1 rings (SSSR count). The van der Waals surface area contributed by atoms with Gasteiger partial charge in [-0.2, -0.15) is 13.2 Å². The fraction of sp³-hybridized carbons (Fsp3) is 0.385. The summed E-state index contributed by atoms with van der Waals surface area (Å²) in [5.74, 6) is -2.75. The quantitative estimate of drug-likeness (QED) is 0.640. The molecular weight excluding hydrogens is 325 g/mol. The number of ether oxygens (including phenoxy) is 1. The van der Waals surface area contributed by atoms with Gasteiger partial charge < -0.3 is 15.4 Å². The van der Waals surface area contributed by atoms with Gasteiger partial charge in [0.2, 0.25) is 5.91 Å². The lowest BCUT2D eigenvalue weighted by atomic mass is 10.1. The number of anilines is 1. The molecule has 0 bridgehead atoms. The number of carbonyl (C=O) groups is 2. The minimum Gasteiger partial charge on any atom is -0.463 e. The maximum atomic E-state index is 13.5. The van der Waals surface area contributed by atoms with Gasteiger partial charge in [0.25, 0.3) is 0 Å². The van der Waals surface area contributed by atoms with E-state index in [1.165, 1.54) is 31.2 Å². The Balaban J connectivity index is 3.38. The lowest BCUT2D eigenvalue weighted by Gasteiger charge is -2.35. The van der Waals surface area contributed by atoms with Crippen LogP contribution in [0.25, 0.3) is 0 Å². The number of halogens is 4. The molecule has 1 aromatic carbocycles. The molecular formula is C13H14ClF3N2O3. The molecule has 0 aliphatic rings. The van der Waals surface area contributed by atoms with Crippen molar-refractivity contribution in [2.75, 3.05) is 11.9 Å². The highest BCUT2D eigenvalue weighted by Gasteiger charge is 2.63. The zero-order valence-electron chi connectivity index (χ0n) is 11.8. The van der Waals surface area contributed by atoms with E-state index in [1.807, 2.05) is 5.32 Å². The van der Waals surface area contributed by atoms with Crippen LogP contribution in [0.1, 0.15) is 13.8 Å². The molecule has 0 saturated heterocycles. The van der Waals surface area contributed by atoms with E-state index in [0.29, 0.717) is 0 Å². The Morgan fingerprint density at radius 1 is 1.27 bits per heavy atom. The number of amides is 1. The second kappa shape index (κ2) is 6.87. The van der Waals surface area contributed by atoms with Crippen molar-refractivity contribution in [3.05, 3.63) is 29.3 Å². The van der Waals surface area contributed by atoms with Crippen LogP contribution in [-0.4, -0.2) is 30.3 Å². The summed E-state index contributed by atoms with van der Waals surface area (Å²) in [6.45, 7) is 1.91. The predicted molar refractivity (Wildman–Crippen MR) is 74.3 cm³/mol. The number of alkyl halides is 3. The molecule has 5 nitrogen and oxygen atoms in total. The van der Waals surface area contributed by atoms with E-state index >= 15 is 0 Å². The molecule has 0 radical (unpaired) electrons. The molecule has 0 aromatic heterocycles. The Bertz CT molecular complexity index is 566. The first kappa shape index (κ1) is 18.1. The summed E-state index contributed by atoms with van der Waals surface area (Å²) in [4.78, 5) is 23.1. The first-order valence-corrected chi connectivity index (χ1v) is 6.57. The second-order valence-electron chi connectivity index (χ2n) is 4.25. The Kier molecular flexibility index (Phi) is 5.65. The van der Waals surface area contributed by atoms with E-state index in [0.717, 1.165) is 6.92 Å². The van der Waals surface area contributed by atoms with Crippen molar-refractivity contribution in [3.8, 4) is 0 Å². The number of hydrogen-bond donors (Lipinski definition) is 2. The van der Waals surface area contributed by atoms with Gasteiger partial charge >= 0.3 is 17.8 Å². The van der Waals surface area contributed by atoms with Gasteiger partial charge in [0.05, 0.1) is 17.3 Å². The third kappa shape index (κ3) is 3.82. The SMILES string of the molecule is CCOC(=O)C(NC(C)=O)(Nc1ccccc1Cl)C(F)(F)F. The van der Waals surface area contributed by atoms with E-state index in [1.54, 1.807) is 5.32 Å². The molecule has 22 heavy (non-hydrogen) atoms. The number of nitrogens with one attached hydrogen (secondary N) is 2. The molecule has 1 aromatic rings. The second-order valence-corrected chi connectivity index (χ2v) is 4.66. The molecule has 1 unspecified atom stereocenters. The number of benzene rings is 1. The van der Waals surface area contributed by atoms with Gasteiger partial charge in [-0.25, -0.2) is 4.79 Å². The van der Waals surface area contributed by atoms with Crippen molar-refractivity contribution in [2.45, 2.75) is 25.7 Å². The number of carbonyl (C=O) groups excluding carboxylic acids is 2. The van der Waals surface area contributed by atoms with E-state index in [9.17, 15) is 22.8 Å². The van der Waals surface area contributed by atoms with Crippen LogP contribution in [0.2, 0.25) is 5.02 Å². The van der Waals surface area contributed by atoms with Crippen molar-refractivity contribution in [1.82, 2.24) is 5.32 Å².